The quantitative estimate of drug-likeness (QED) is 0.751. The van der Waals surface area contributed by atoms with Crippen molar-refractivity contribution >= 4 is 5.91 Å². The summed E-state index contributed by atoms with van der Waals surface area (Å²) >= 11 is 0. The molecule has 1 amide bonds. The van der Waals surface area contributed by atoms with Crippen LogP contribution in [0.4, 0.5) is 0 Å². The molecule has 1 unspecified atom stereocenters. The smallest absolute Gasteiger partial charge is 0.220 e. The number of benzene rings is 1. The van der Waals surface area contributed by atoms with Crippen LogP contribution < -0.4 is 5.32 Å². The Balaban J connectivity index is 2.26. The summed E-state index contributed by atoms with van der Waals surface area (Å²) in [7, 11) is 0. The fraction of sp³-hybridized carbons (Fsp3) is 0.417. The van der Waals surface area contributed by atoms with Gasteiger partial charge in [0.2, 0.25) is 5.91 Å². The summed E-state index contributed by atoms with van der Waals surface area (Å²) < 4.78 is 0. The van der Waals surface area contributed by atoms with Gasteiger partial charge in [-0.1, -0.05) is 30.3 Å². The zero-order valence-electron chi connectivity index (χ0n) is 8.57. The minimum absolute atomic E-state index is 0.0787. The molecule has 1 aromatic rings. The summed E-state index contributed by atoms with van der Waals surface area (Å²) in [5, 5.41) is 12.4. The molecule has 0 aromatic heterocycles. The minimum atomic E-state index is -0.283. The molecule has 3 nitrogen and oxygen atoms in total. The molecular weight excluding hydrogens is 190 g/mol. The zero-order valence-corrected chi connectivity index (χ0v) is 8.57. The number of amides is 1. The van der Waals surface area contributed by atoms with E-state index in [1.54, 1.807) is 0 Å². The van der Waals surface area contributed by atoms with E-state index in [9.17, 15) is 9.90 Å². The number of aliphatic hydroxyl groups excluding tert-OH is 1. The molecule has 1 aliphatic rings. The fourth-order valence-electron chi connectivity index (χ4n) is 2.06. The molecule has 15 heavy (non-hydrogen) atoms. The van der Waals surface area contributed by atoms with Gasteiger partial charge in [-0.3, -0.25) is 4.79 Å². The van der Waals surface area contributed by atoms with Crippen LogP contribution in [0.25, 0.3) is 0 Å². The zero-order chi connectivity index (χ0) is 10.7. The van der Waals surface area contributed by atoms with E-state index in [2.05, 4.69) is 5.32 Å². The Labute approximate surface area is 89.1 Å². The Bertz CT molecular complexity index is 338. The van der Waals surface area contributed by atoms with Crippen molar-refractivity contribution in [3.63, 3.8) is 0 Å². The first-order valence-electron chi connectivity index (χ1n) is 5.20. The molecule has 1 atom stereocenters. The third-order valence-corrected chi connectivity index (χ3v) is 3.14. The van der Waals surface area contributed by atoms with E-state index in [1.807, 2.05) is 30.3 Å². The number of hydrogen-bond acceptors (Lipinski definition) is 2. The van der Waals surface area contributed by atoms with Gasteiger partial charge in [0.25, 0.3) is 0 Å². The second-order valence-electron chi connectivity index (χ2n) is 4.08. The maximum Gasteiger partial charge on any atom is 0.220 e. The SMILES string of the molecule is O=C1CCC(CO)(c2ccccc2)CN1. The summed E-state index contributed by atoms with van der Waals surface area (Å²) in [6, 6.07) is 9.89. The van der Waals surface area contributed by atoms with Crippen molar-refractivity contribution in [1.29, 1.82) is 0 Å². The standard InChI is InChI=1S/C12H15NO2/c14-9-12(7-6-11(15)13-8-12)10-4-2-1-3-5-10/h1-5,14H,6-9H2,(H,13,15). The molecule has 0 aliphatic carbocycles. The molecule has 1 heterocycles. The van der Waals surface area contributed by atoms with Crippen molar-refractivity contribution < 1.29 is 9.90 Å². The minimum Gasteiger partial charge on any atom is -0.395 e. The lowest BCUT2D eigenvalue weighted by Crippen LogP contribution is -2.48. The molecule has 1 saturated heterocycles. The van der Waals surface area contributed by atoms with Gasteiger partial charge < -0.3 is 10.4 Å². The second-order valence-corrected chi connectivity index (χ2v) is 4.08. The second kappa shape index (κ2) is 4.03. The largest absolute Gasteiger partial charge is 0.395 e. The first kappa shape index (κ1) is 10.2. The summed E-state index contributed by atoms with van der Waals surface area (Å²) in [5.74, 6) is 0.0787. The van der Waals surface area contributed by atoms with E-state index >= 15 is 0 Å². The molecule has 0 bridgehead atoms. The van der Waals surface area contributed by atoms with Crippen LogP contribution in [0.15, 0.2) is 30.3 Å². The van der Waals surface area contributed by atoms with Crippen LogP contribution in [0.3, 0.4) is 0 Å². The Hall–Kier alpha value is -1.35. The summed E-state index contributed by atoms with van der Waals surface area (Å²) in [6.07, 6.45) is 1.22. The van der Waals surface area contributed by atoms with Crippen LogP contribution in [0, 0.1) is 0 Å². The highest BCUT2D eigenvalue weighted by Gasteiger charge is 2.35. The fourth-order valence-corrected chi connectivity index (χ4v) is 2.06. The highest BCUT2D eigenvalue weighted by Crippen LogP contribution is 2.30. The number of aliphatic hydroxyl groups is 1. The van der Waals surface area contributed by atoms with Crippen LogP contribution in [0.2, 0.25) is 0 Å². The van der Waals surface area contributed by atoms with Gasteiger partial charge in [-0.05, 0) is 12.0 Å². The van der Waals surface area contributed by atoms with E-state index in [0.717, 1.165) is 12.0 Å². The van der Waals surface area contributed by atoms with Gasteiger partial charge in [0.15, 0.2) is 0 Å². The average molecular weight is 205 g/mol. The molecule has 1 fully saturated rings. The van der Waals surface area contributed by atoms with Crippen molar-refractivity contribution in [2.24, 2.45) is 0 Å². The van der Waals surface area contributed by atoms with Crippen molar-refractivity contribution in [1.82, 2.24) is 5.32 Å². The first-order chi connectivity index (χ1) is 7.27. The molecule has 0 radical (unpaired) electrons. The molecule has 0 spiro atoms. The highest BCUT2D eigenvalue weighted by molar-refractivity contribution is 5.77. The summed E-state index contributed by atoms with van der Waals surface area (Å²) in [5.41, 5.74) is 0.822. The number of piperidine rings is 1. The van der Waals surface area contributed by atoms with Crippen LogP contribution in [-0.2, 0) is 10.2 Å². The van der Waals surface area contributed by atoms with Gasteiger partial charge in [0, 0.05) is 18.4 Å². The Morgan fingerprint density at radius 2 is 2.07 bits per heavy atom. The van der Waals surface area contributed by atoms with Crippen molar-refractivity contribution in [3.05, 3.63) is 35.9 Å². The van der Waals surface area contributed by atoms with Gasteiger partial charge in [-0.25, -0.2) is 0 Å². The normalized spacial score (nSPS) is 26.1. The van der Waals surface area contributed by atoms with Crippen molar-refractivity contribution in [3.8, 4) is 0 Å². The Kier molecular flexibility index (Phi) is 2.73. The first-order valence-corrected chi connectivity index (χ1v) is 5.20. The Morgan fingerprint density at radius 3 is 2.60 bits per heavy atom. The molecule has 1 aromatic carbocycles. The van der Waals surface area contributed by atoms with Gasteiger partial charge in [-0.2, -0.15) is 0 Å². The third kappa shape index (κ3) is 1.88. The van der Waals surface area contributed by atoms with Gasteiger partial charge in [-0.15, -0.1) is 0 Å². The number of rotatable bonds is 2. The molecule has 1 aliphatic heterocycles. The van der Waals surface area contributed by atoms with E-state index in [1.165, 1.54) is 0 Å². The van der Waals surface area contributed by atoms with Gasteiger partial charge in [0.1, 0.15) is 0 Å². The van der Waals surface area contributed by atoms with Gasteiger partial charge in [0.05, 0.1) is 6.61 Å². The van der Waals surface area contributed by atoms with Crippen molar-refractivity contribution in [2.45, 2.75) is 18.3 Å². The molecule has 0 saturated carbocycles. The lowest BCUT2D eigenvalue weighted by molar-refractivity contribution is -0.123. The van der Waals surface area contributed by atoms with Crippen LogP contribution in [0.1, 0.15) is 18.4 Å². The van der Waals surface area contributed by atoms with E-state index < -0.39 is 0 Å². The summed E-state index contributed by atoms with van der Waals surface area (Å²) in [6.45, 7) is 0.615. The number of hydrogen-bond donors (Lipinski definition) is 2. The molecule has 3 heteroatoms. The maximum absolute atomic E-state index is 11.1. The summed E-state index contributed by atoms with van der Waals surface area (Å²) in [4.78, 5) is 11.1. The lowest BCUT2D eigenvalue weighted by atomic mass is 9.75. The number of nitrogens with one attached hydrogen (secondary N) is 1. The van der Waals surface area contributed by atoms with Crippen LogP contribution in [0.5, 0.6) is 0 Å². The lowest BCUT2D eigenvalue weighted by Gasteiger charge is -2.36. The maximum atomic E-state index is 11.1. The molecule has 2 rings (SSSR count). The van der Waals surface area contributed by atoms with E-state index in [4.69, 9.17) is 0 Å². The molecule has 80 valence electrons. The predicted octanol–water partition coefficient (Wildman–Crippen LogP) is 0.827. The van der Waals surface area contributed by atoms with Gasteiger partial charge >= 0.3 is 0 Å². The number of carbonyl (C=O) groups is 1. The van der Waals surface area contributed by atoms with Crippen LogP contribution >= 0.6 is 0 Å². The third-order valence-electron chi connectivity index (χ3n) is 3.14. The van der Waals surface area contributed by atoms with Crippen LogP contribution in [-0.4, -0.2) is 24.2 Å². The van der Waals surface area contributed by atoms with Crippen molar-refractivity contribution in [2.75, 3.05) is 13.2 Å². The highest BCUT2D eigenvalue weighted by atomic mass is 16.3. The van der Waals surface area contributed by atoms with E-state index in [-0.39, 0.29) is 17.9 Å². The van der Waals surface area contributed by atoms with E-state index in [0.29, 0.717) is 13.0 Å². The topological polar surface area (TPSA) is 49.3 Å². The average Bonchev–Trinajstić information content (AvgIpc) is 2.32. The predicted molar refractivity (Wildman–Crippen MR) is 57.4 cm³/mol. The Morgan fingerprint density at radius 1 is 1.33 bits per heavy atom. The number of carbonyl (C=O) groups excluding carboxylic acids is 1. The molecule has 2 N–H and O–H groups in total. The monoisotopic (exact) mass is 205 g/mol. The molecular formula is C12H15NO2.